The standard InChI is InChI=1S/C12H15ClN2OS/c1-9(17(2)16)5-6-15-12-7-11(13)4-3-10(12)8-14/h3-4,7,9,15H,5-6H2,1-2H3. The van der Waals surface area contributed by atoms with Crippen molar-refractivity contribution < 1.29 is 4.21 Å². The highest BCUT2D eigenvalue weighted by Crippen LogP contribution is 2.20. The molecule has 0 saturated heterocycles. The summed E-state index contributed by atoms with van der Waals surface area (Å²) in [5.74, 6) is 0. The number of nitrogens with one attached hydrogen (secondary N) is 1. The molecule has 92 valence electrons. The minimum absolute atomic E-state index is 0.146. The molecule has 17 heavy (non-hydrogen) atoms. The van der Waals surface area contributed by atoms with Crippen molar-refractivity contribution in [3.63, 3.8) is 0 Å². The van der Waals surface area contributed by atoms with E-state index in [2.05, 4.69) is 11.4 Å². The Bertz CT molecular complexity index is 456. The molecule has 1 N–H and O–H groups in total. The summed E-state index contributed by atoms with van der Waals surface area (Å²) in [5, 5.41) is 12.8. The zero-order valence-electron chi connectivity index (χ0n) is 9.87. The van der Waals surface area contributed by atoms with Crippen molar-refractivity contribution in [3.05, 3.63) is 28.8 Å². The Kier molecular flexibility index (Phi) is 5.46. The van der Waals surface area contributed by atoms with E-state index in [4.69, 9.17) is 16.9 Å². The highest BCUT2D eigenvalue weighted by atomic mass is 35.5. The van der Waals surface area contributed by atoms with Crippen molar-refractivity contribution in [1.82, 2.24) is 0 Å². The summed E-state index contributed by atoms with van der Waals surface area (Å²) in [6.45, 7) is 2.62. The third kappa shape index (κ3) is 4.37. The van der Waals surface area contributed by atoms with Crippen LogP contribution in [0.4, 0.5) is 5.69 Å². The number of nitriles is 1. The van der Waals surface area contributed by atoms with E-state index in [1.165, 1.54) is 0 Å². The zero-order valence-corrected chi connectivity index (χ0v) is 11.4. The first-order valence-electron chi connectivity index (χ1n) is 5.30. The molecule has 0 aliphatic carbocycles. The van der Waals surface area contributed by atoms with E-state index in [1.54, 1.807) is 24.5 Å². The van der Waals surface area contributed by atoms with E-state index in [0.717, 1.165) is 12.1 Å². The number of nitrogens with zero attached hydrogens (tertiary/aromatic N) is 1. The SMILES string of the molecule is CC(CCNc1cc(Cl)ccc1C#N)S(C)=O. The summed E-state index contributed by atoms with van der Waals surface area (Å²) in [6, 6.07) is 7.21. The molecule has 0 spiro atoms. The van der Waals surface area contributed by atoms with Gasteiger partial charge in [-0.1, -0.05) is 18.5 Å². The van der Waals surface area contributed by atoms with Gasteiger partial charge in [0.25, 0.3) is 0 Å². The van der Waals surface area contributed by atoms with Crippen LogP contribution in [0.3, 0.4) is 0 Å². The third-order valence-corrected chi connectivity index (χ3v) is 4.14. The Balaban J connectivity index is 2.60. The molecule has 3 nitrogen and oxygen atoms in total. The lowest BCUT2D eigenvalue weighted by molar-refractivity contribution is 0.672. The van der Waals surface area contributed by atoms with Gasteiger partial charge in [-0.2, -0.15) is 5.26 Å². The summed E-state index contributed by atoms with van der Waals surface area (Å²) < 4.78 is 11.2. The van der Waals surface area contributed by atoms with Gasteiger partial charge in [-0.3, -0.25) is 4.21 Å². The van der Waals surface area contributed by atoms with Gasteiger partial charge in [-0.25, -0.2) is 0 Å². The predicted octanol–water partition coefficient (Wildman–Crippen LogP) is 2.78. The van der Waals surface area contributed by atoms with Crippen molar-refractivity contribution in [2.75, 3.05) is 18.1 Å². The number of anilines is 1. The van der Waals surface area contributed by atoms with Gasteiger partial charge in [0.05, 0.1) is 11.3 Å². The summed E-state index contributed by atoms with van der Waals surface area (Å²) >= 11 is 5.87. The number of hydrogen-bond acceptors (Lipinski definition) is 3. The molecule has 2 atom stereocenters. The summed E-state index contributed by atoms with van der Waals surface area (Å²) in [7, 11) is -0.811. The van der Waals surface area contributed by atoms with Gasteiger partial charge in [0, 0.05) is 33.9 Å². The smallest absolute Gasteiger partial charge is 0.101 e. The molecule has 1 aromatic rings. The van der Waals surface area contributed by atoms with Crippen LogP contribution in [0, 0.1) is 11.3 Å². The molecular weight excluding hydrogens is 256 g/mol. The molecule has 0 aromatic heterocycles. The van der Waals surface area contributed by atoms with E-state index in [-0.39, 0.29) is 5.25 Å². The lowest BCUT2D eigenvalue weighted by Crippen LogP contribution is -2.15. The van der Waals surface area contributed by atoms with Gasteiger partial charge < -0.3 is 5.32 Å². The second-order valence-corrected chi connectivity index (χ2v) is 6.06. The van der Waals surface area contributed by atoms with Crippen molar-refractivity contribution in [2.45, 2.75) is 18.6 Å². The Hall–Kier alpha value is -1.05. The maximum Gasteiger partial charge on any atom is 0.101 e. The van der Waals surface area contributed by atoms with Crippen LogP contribution in [-0.2, 0) is 10.8 Å². The fraction of sp³-hybridized carbons (Fsp3) is 0.417. The molecule has 0 saturated carbocycles. The zero-order chi connectivity index (χ0) is 12.8. The number of halogens is 1. The van der Waals surface area contributed by atoms with Crippen molar-refractivity contribution in [2.24, 2.45) is 0 Å². The highest BCUT2D eigenvalue weighted by Gasteiger charge is 2.07. The Labute approximate surface area is 109 Å². The minimum atomic E-state index is -0.811. The van der Waals surface area contributed by atoms with Crippen molar-refractivity contribution in [3.8, 4) is 6.07 Å². The number of benzene rings is 1. The highest BCUT2D eigenvalue weighted by molar-refractivity contribution is 7.84. The Morgan fingerprint density at radius 1 is 1.59 bits per heavy atom. The second-order valence-electron chi connectivity index (χ2n) is 3.83. The van der Waals surface area contributed by atoms with Crippen LogP contribution in [0.5, 0.6) is 0 Å². The average Bonchev–Trinajstić information content (AvgIpc) is 2.29. The van der Waals surface area contributed by atoms with E-state index in [0.29, 0.717) is 17.1 Å². The summed E-state index contributed by atoms with van der Waals surface area (Å²) in [6.07, 6.45) is 2.49. The fourth-order valence-electron chi connectivity index (χ4n) is 1.34. The van der Waals surface area contributed by atoms with Crippen LogP contribution in [0.1, 0.15) is 18.9 Å². The topological polar surface area (TPSA) is 52.9 Å². The minimum Gasteiger partial charge on any atom is -0.384 e. The molecule has 0 heterocycles. The lowest BCUT2D eigenvalue weighted by Gasteiger charge is -2.11. The summed E-state index contributed by atoms with van der Waals surface area (Å²) in [4.78, 5) is 0. The van der Waals surface area contributed by atoms with Crippen LogP contribution in [0.2, 0.25) is 5.02 Å². The monoisotopic (exact) mass is 270 g/mol. The van der Waals surface area contributed by atoms with E-state index in [1.807, 2.05) is 6.92 Å². The first kappa shape index (κ1) is 14.0. The molecule has 0 bridgehead atoms. The van der Waals surface area contributed by atoms with Crippen LogP contribution in [0.25, 0.3) is 0 Å². The predicted molar refractivity (Wildman–Crippen MR) is 72.8 cm³/mol. The van der Waals surface area contributed by atoms with Crippen molar-refractivity contribution in [1.29, 1.82) is 5.26 Å². The average molecular weight is 271 g/mol. The Morgan fingerprint density at radius 2 is 2.29 bits per heavy atom. The molecule has 0 aliphatic heterocycles. The van der Waals surface area contributed by atoms with E-state index >= 15 is 0 Å². The molecule has 1 rings (SSSR count). The van der Waals surface area contributed by atoms with Gasteiger partial charge in [0.2, 0.25) is 0 Å². The lowest BCUT2D eigenvalue weighted by atomic mass is 10.2. The number of rotatable bonds is 5. The van der Waals surface area contributed by atoms with Crippen LogP contribution < -0.4 is 5.32 Å². The van der Waals surface area contributed by atoms with Crippen LogP contribution in [-0.4, -0.2) is 22.3 Å². The maximum absolute atomic E-state index is 11.2. The van der Waals surface area contributed by atoms with Gasteiger partial charge >= 0.3 is 0 Å². The quantitative estimate of drug-likeness (QED) is 0.895. The van der Waals surface area contributed by atoms with Gasteiger partial charge in [-0.05, 0) is 24.6 Å². The second kappa shape index (κ2) is 6.63. The van der Waals surface area contributed by atoms with Gasteiger partial charge in [-0.15, -0.1) is 0 Å². The molecule has 0 radical (unpaired) electrons. The third-order valence-electron chi connectivity index (χ3n) is 2.54. The van der Waals surface area contributed by atoms with Gasteiger partial charge in [0.15, 0.2) is 0 Å². The van der Waals surface area contributed by atoms with E-state index < -0.39 is 10.8 Å². The fourth-order valence-corrected chi connectivity index (χ4v) is 1.96. The van der Waals surface area contributed by atoms with Crippen LogP contribution in [0.15, 0.2) is 18.2 Å². The van der Waals surface area contributed by atoms with Crippen LogP contribution >= 0.6 is 11.6 Å². The summed E-state index contributed by atoms with van der Waals surface area (Å²) in [5.41, 5.74) is 1.30. The van der Waals surface area contributed by atoms with Gasteiger partial charge in [0.1, 0.15) is 6.07 Å². The first-order chi connectivity index (χ1) is 8.04. The number of hydrogen-bond donors (Lipinski definition) is 1. The largest absolute Gasteiger partial charge is 0.384 e. The molecule has 0 amide bonds. The Morgan fingerprint density at radius 3 is 2.88 bits per heavy atom. The van der Waals surface area contributed by atoms with E-state index in [9.17, 15) is 4.21 Å². The molecule has 0 aliphatic rings. The first-order valence-corrected chi connectivity index (χ1v) is 7.30. The van der Waals surface area contributed by atoms with Crippen molar-refractivity contribution >= 4 is 28.1 Å². The normalized spacial score (nSPS) is 13.8. The molecule has 0 fully saturated rings. The molecule has 5 heteroatoms. The maximum atomic E-state index is 11.2. The molecule has 2 unspecified atom stereocenters. The molecule has 1 aromatic carbocycles. The molecular formula is C12H15ClN2OS.